The van der Waals surface area contributed by atoms with E-state index >= 15 is 0 Å². The van der Waals surface area contributed by atoms with Gasteiger partial charge in [0.1, 0.15) is 23.3 Å². The molecule has 2 aromatic carbocycles. The van der Waals surface area contributed by atoms with Crippen LogP contribution in [0.3, 0.4) is 0 Å². The van der Waals surface area contributed by atoms with E-state index in [0.717, 1.165) is 53.6 Å². The average Bonchev–Trinajstić information content (AvgIpc) is 3.89. The van der Waals surface area contributed by atoms with Gasteiger partial charge in [0.25, 0.3) is 0 Å². The Morgan fingerprint density at radius 2 is 1.48 bits per heavy atom. The molecule has 1 saturated carbocycles. The predicted molar refractivity (Wildman–Crippen MR) is 189 cm³/mol. The smallest absolute Gasteiger partial charge is 0.411 e. The van der Waals surface area contributed by atoms with Crippen molar-refractivity contribution in [3.8, 4) is 33.6 Å². The van der Waals surface area contributed by atoms with Crippen molar-refractivity contribution in [1.29, 1.82) is 0 Å². The Morgan fingerprint density at radius 3 is 2.19 bits per heavy atom. The van der Waals surface area contributed by atoms with Crippen LogP contribution in [0.1, 0.15) is 95.2 Å². The fourth-order valence-corrected chi connectivity index (χ4v) is 8.36. The lowest BCUT2D eigenvalue weighted by molar-refractivity contribution is 0.0232. The van der Waals surface area contributed by atoms with Crippen LogP contribution in [0, 0.1) is 5.41 Å². The molecule has 3 N–H and O–H groups in total. The Hall–Kier alpha value is -4.43. The SMILES string of the molecule is CC1=C[C@@H](c2ncc(-c3ccc(-c4ccc(-c5cnc([C@@H]6C=C(C)CN6C(=O)OC(C)(C)C)[nH]5)cc4)c4c3CC3(CCCC3)C4)[nH]2)NC1. The summed E-state index contributed by atoms with van der Waals surface area (Å²) in [5, 5.41) is 3.54. The van der Waals surface area contributed by atoms with Crippen LogP contribution in [0.4, 0.5) is 4.79 Å². The highest BCUT2D eigenvalue weighted by molar-refractivity contribution is 5.79. The van der Waals surface area contributed by atoms with Crippen molar-refractivity contribution in [2.24, 2.45) is 5.41 Å². The number of rotatable bonds is 5. The third-order valence-corrected chi connectivity index (χ3v) is 10.6. The number of hydrogen-bond donors (Lipinski definition) is 3. The van der Waals surface area contributed by atoms with Gasteiger partial charge in [0.2, 0.25) is 0 Å². The molecular weight excluding hydrogens is 596 g/mol. The largest absolute Gasteiger partial charge is 0.444 e. The zero-order valence-electron chi connectivity index (χ0n) is 28.7. The minimum atomic E-state index is -0.557. The van der Waals surface area contributed by atoms with Gasteiger partial charge in [-0.25, -0.2) is 14.8 Å². The molecule has 0 saturated heterocycles. The summed E-state index contributed by atoms with van der Waals surface area (Å²) >= 11 is 0. The number of fused-ring (bicyclic) bond motifs is 1. The Labute approximate surface area is 283 Å². The molecule has 2 aliphatic carbocycles. The fraction of sp³-hybridized carbons (Fsp3) is 0.425. The van der Waals surface area contributed by atoms with Crippen LogP contribution in [0.25, 0.3) is 33.6 Å². The summed E-state index contributed by atoms with van der Waals surface area (Å²) in [5.41, 5.74) is 12.3. The Balaban J connectivity index is 1.07. The molecule has 4 aromatic rings. The number of ether oxygens (including phenoxy) is 1. The highest BCUT2D eigenvalue weighted by Crippen LogP contribution is 2.53. The number of imidazole rings is 2. The minimum absolute atomic E-state index is 0.152. The highest BCUT2D eigenvalue weighted by atomic mass is 16.6. The van der Waals surface area contributed by atoms with Crippen LogP contribution in [0.2, 0.25) is 0 Å². The monoisotopic (exact) mass is 642 g/mol. The van der Waals surface area contributed by atoms with Crippen LogP contribution in [0.5, 0.6) is 0 Å². The van der Waals surface area contributed by atoms with E-state index in [4.69, 9.17) is 14.7 Å². The number of H-pyrrole nitrogens is 2. The fourth-order valence-electron chi connectivity index (χ4n) is 8.36. The summed E-state index contributed by atoms with van der Waals surface area (Å²) in [4.78, 5) is 31.4. The zero-order valence-corrected chi connectivity index (χ0v) is 28.7. The van der Waals surface area contributed by atoms with Gasteiger partial charge >= 0.3 is 6.09 Å². The molecule has 2 atom stereocenters. The number of aromatic nitrogens is 4. The predicted octanol–water partition coefficient (Wildman–Crippen LogP) is 8.62. The maximum Gasteiger partial charge on any atom is 0.411 e. The summed E-state index contributed by atoms with van der Waals surface area (Å²) in [6.07, 6.45) is 15.5. The molecule has 0 radical (unpaired) electrons. The standard InChI is InChI=1S/C40H46N6O2/c1-24-16-32(41-20-24)36-42-22-34(45-36)29-13-12-28(30-18-40(19-31(29)30)14-6-7-15-40)26-8-10-27(11-9-26)33-21-43-37(44-33)35-17-25(2)23-46(35)38(47)48-39(3,4)5/h8-13,16-17,21-22,32,35,41H,6-7,14-15,18-20,23H2,1-5H3,(H,42,45)(H,43,44)/t32-,35-/m0/s1. The molecule has 2 aliphatic heterocycles. The summed E-state index contributed by atoms with van der Waals surface area (Å²) in [5.74, 6) is 1.73. The number of nitrogens with zero attached hydrogens (tertiary/aromatic N) is 3. The van der Waals surface area contributed by atoms with Gasteiger partial charge < -0.3 is 20.0 Å². The molecule has 8 rings (SSSR count). The van der Waals surface area contributed by atoms with E-state index in [1.54, 1.807) is 4.90 Å². The van der Waals surface area contributed by atoms with Crippen LogP contribution in [-0.2, 0) is 17.6 Å². The Kier molecular flexibility index (Phi) is 7.47. The molecule has 0 bridgehead atoms. The molecule has 1 spiro atoms. The first kappa shape index (κ1) is 30.9. The van der Waals surface area contributed by atoms with Crippen molar-refractivity contribution in [2.45, 2.75) is 90.8 Å². The van der Waals surface area contributed by atoms with Crippen molar-refractivity contribution in [1.82, 2.24) is 30.2 Å². The van der Waals surface area contributed by atoms with E-state index in [-0.39, 0.29) is 18.2 Å². The molecule has 0 unspecified atom stereocenters. The lowest BCUT2D eigenvalue weighted by atomic mass is 9.82. The van der Waals surface area contributed by atoms with E-state index in [9.17, 15) is 4.79 Å². The van der Waals surface area contributed by atoms with E-state index in [2.05, 4.69) is 70.8 Å². The number of carbonyl (C=O) groups is 1. The van der Waals surface area contributed by atoms with Gasteiger partial charge in [-0.2, -0.15) is 0 Å². The molecular formula is C40H46N6O2. The minimum Gasteiger partial charge on any atom is -0.444 e. The van der Waals surface area contributed by atoms with E-state index in [1.165, 1.54) is 59.1 Å². The molecule has 8 heteroatoms. The van der Waals surface area contributed by atoms with Crippen LogP contribution in [0.15, 0.2) is 72.1 Å². The van der Waals surface area contributed by atoms with Crippen LogP contribution in [-0.4, -0.2) is 49.6 Å². The number of carbonyl (C=O) groups excluding carboxylic acids is 1. The normalized spacial score (nSPS) is 21.6. The van der Waals surface area contributed by atoms with E-state index in [0.29, 0.717) is 12.0 Å². The molecule has 248 valence electrons. The Bertz CT molecular complexity index is 1930. The van der Waals surface area contributed by atoms with Gasteiger partial charge in [0.15, 0.2) is 0 Å². The maximum absolute atomic E-state index is 13.0. The first-order valence-corrected chi connectivity index (χ1v) is 17.5. The number of benzene rings is 2. The van der Waals surface area contributed by atoms with Gasteiger partial charge in [-0.05, 0) is 93.5 Å². The van der Waals surface area contributed by atoms with Crippen molar-refractivity contribution >= 4 is 6.09 Å². The van der Waals surface area contributed by atoms with Crippen molar-refractivity contribution < 1.29 is 9.53 Å². The molecule has 8 nitrogen and oxygen atoms in total. The molecule has 1 amide bonds. The second kappa shape index (κ2) is 11.6. The average molecular weight is 643 g/mol. The Morgan fingerprint density at radius 1 is 0.833 bits per heavy atom. The lowest BCUT2D eigenvalue weighted by Gasteiger charge is -2.27. The van der Waals surface area contributed by atoms with Crippen molar-refractivity contribution in [2.75, 3.05) is 13.1 Å². The number of aromatic amines is 2. The summed E-state index contributed by atoms with van der Waals surface area (Å²) in [6.45, 7) is 11.3. The summed E-state index contributed by atoms with van der Waals surface area (Å²) in [6, 6.07) is 13.4. The van der Waals surface area contributed by atoms with Gasteiger partial charge in [0.05, 0.1) is 29.8 Å². The first-order chi connectivity index (χ1) is 23.0. The summed E-state index contributed by atoms with van der Waals surface area (Å²) < 4.78 is 5.69. The quantitative estimate of drug-likeness (QED) is 0.189. The van der Waals surface area contributed by atoms with E-state index in [1.807, 2.05) is 40.1 Å². The maximum atomic E-state index is 13.0. The zero-order chi connectivity index (χ0) is 33.2. The van der Waals surface area contributed by atoms with Gasteiger partial charge in [-0.1, -0.05) is 72.5 Å². The molecule has 4 aliphatic rings. The van der Waals surface area contributed by atoms with Gasteiger partial charge in [-0.3, -0.25) is 4.90 Å². The molecule has 2 aromatic heterocycles. The van der Waals surface area contributed by atoms with Gasteiger partial charge in [0, 0.05) is 18.7 Å². The third-order valence-electron chi connectivity index (χ3n) is 10.6. The molecule has 48 heavy (non-hydrogen) atoms. The van der Waals surface area contributed by atoms with E-state index < -0.39 is 5.60 Å². The molecule has 1 fully saturated rings. The third kappa shape index (κ3) is 5.70. The molecule has 4 heterocycles. The number of hydrogen-bond acceptors (Lipinski definition) is 5. The topological polar surface area (TPSA) is 98.9 Å². The van der Waals surface area contributed by atoms with Crippen LogP contribution < -0.4 is 5.32 Å². The summed E-state index contributed by atoms with van der Waals surface area (Å²) in [7, 11) is 0. The van der Waals surface area contributed by atoms with Crippen molar-refractivity contribution in [3.05, 3.63) is 94.9 Å². The lowest BCUT2D eigenvalue weighted by Crippen LogP contribution is -2.37. The van der Waals surface area contributed by atoms with Crippen molar-refractivity contribution in [3.63, 3.8) is 0 Å². The highest BCUT2D eigenvalue weighted by Gasteiger charge is 2.42. The number of nitrogens with one attached hydrogen (secondary N) is 3. The number of amides is 1. The second-order valence-corrected chi connectivity index (χ2v) is 15.6. The van der Waals surface area contributed by atoms with Crippen LogP contribution >= 0.6 is 0 Å². The first-order valence-electron chi connectivity index (χ1n) is 17.5. The van der Waals surface area contributed by atoms with Gasteiger partial charge in [-0.15, -0.1) is 0 Å². The second-order valence-electron chi connectivity index (χ2n) is 15.6.